The number of aromatic nitrogens is 1. The highest BCUT2D eigenvalue weighted by Crippen LogP contribution is 2.57. The summed E-state index contributed by atoms with van der Waals surface area (Å²) in [6, 6.07) is 36.0. The van der Waals surface area contributed by atoms with Crippen molar-refractivity contribution < 1.29 is 0 Å². The molecule has 1 aliphatic rings. The molecule has 1 unspecified atom stereocenters. The van der Waals surface area contributed by atoms with Crippen LogP contribution in [-0.4, -0.2) is 4.57 Å². The number of para-hydroxylation sites is 1. The molecule has 154 valence electrons. The number of hydrogen-bond acceptors (Lipinski definition) is 0. The highest BCUT2D eigenvalue weighted by Gasteiger charge is 2.25. The van der Waals surface area contributed by atoms with Crippen molar-refractivity contribution in [2.75, 3.05) is 0 Å². The van der Waals surface area contributed by atoms with Gasteiger partial charge in [0.2, 0.25) is 0 Å². The van der Waals surface area contributed by atoms with Crippen LogP contribution in [0.2, 0.25) is 0 Å². The number of nitrogens with zero attached hydrogens (tertiary/aromatic N) is 1. The molecule has 1 nitrogen and oxygen atoms in total. The summed E-state index contributed by atoms with van der Waals surface area (Å²) in [5.74, 6) is 0. The number of benzene rings is 4. The van der Waals surface area contributed by atoms with E-state index in [-0.39, 0.29) is 0 Å². The number of rotatable bonds is 2. The van der Waals surface area contributed by atoms with Crippen molar-refractivity contribution in [3.05, 3.63) is 108 Å². The lowest BCUT2D eigenvalue weighted by atomic mass is 9.94. The molecule has 2 heterocycles. The van der Waals surface area contributed by atoms with E-state index in [1.54, 1.807) is 5.56 Å². The monoisotopic (exact) mass is 429 g/mol. The molecule has 2 heteroatoms. The van der Waals surface area contributed by atoms with E-state index in [9.17, 15) is 0 Å². The van der Waals surface area contributed by atoms with Gasteiger partial charge in [0.05, 0.1) is 5.52 Å². The first kappa shape index (κ1) is 18.3. The maximum Gasteiger partial charge on any atom is 0.0541 e. The van der Waals surface area contributed by atoms with Crippen molar-refractivity contribution in [1.82, 2.24) is 4.57 Å². The molecule has 0 spiro atoms. The van der Waals surface area contributed by atoms with Crippen LogP contribution in [-0.2, 0) is 12.8 Å². The summed E-state index contributed by atoms with van der Waals surface area (Å²) in [5, 5.41) is 8.94. The molecule has 32 heavy (non-hydrogen) atoms. The zero-order chi connectivity index (χ0) is 21.1. The number of aryl methyl sites for hydroxylation is 1. The van der Waals surface area contributed by atoms with Crippen molar-refractivity contribution in [1.29, 1.82) is 0 Å². The van der Waals surface area contributed by atoms with E-state index in [2.05, 4.69) is 102 Å². The fraction of sp³-hybridized carbons (Fsp3) is 0.133. The second-order valence-corrected chi connectivity index (χ2v) is 11.0. The molecule has 2 aromatic heterocycles. The van der Waals surface area contributed by atoms with Crippen LogP contribution in [0.1, 0.15) is 24.1 Å². The highest BCUT2D eigenvalue weighted by molar-refractivity contribution is 7.68. The smallest absolute Gasteiger partial charge is 0.0541 e. The third-order valence-electron chi connectivity index (χ3n) is 7.10. The van der Waals surface area contributed by atoms with Crippen LogP contribution < -0.4 is 0 Å². The summed E-state index contributed by atoms with van der Waals surface area (Å²) < 4.78 is 2.55. The van der Waals surface area contributed by atoms with E-state index >= 15 is 0 Å². The van der Waals surface area contributed by atoms with Gasteiger partial charge in [-0.2, -0.15) is 0 Å². The maximum atomic E-state index is 2.55. The lowest BCUT2D eigenvalue weighted by Crippen LogP contribution is -2.06. The van der Waals surface area contributed by atoms with Gasteiger partial charge in [-0.3, -0.25) is 0 Å². The van der Waals surface area contributed by atoms with Gasteiger partial charge in [-0.05, 0) is 66.2 Å². The number of fused-ring (bicyclic) bond motifs is 7. The van der Waals surface area contributed by atoms with Gasteiger partial charge in [-0.1, -0.05) is 80.3 Å². The molecule has 0 N–H and O–H groups in total. The Kier molecular flexibility index (Phi) is 4.07. The highest BCUT2D eigenvalue weighted by atomic mass is 31.1. The van der Waals surface area contributed by atoms with E-state index in [1.165, 1.54) is 74.3 Å². The third kappa shape index (κ3) is 2.52. The van der Waals surface area contributed by atoms with Gasteiger partial charge < -0.3 is 4.57 Å². The second-order valence-electron chi connectivity index (χ2n) is 8.85. The zero-order valence-corrected chi connectivity index (χ0v) is 18.9. The standard InChI is InChI=1S/C30H24NP/c1-3-11-21(12-4-1)31-25-17-9-7-15-23(25)29-26(31)19-20-28-30(29)24-16-8-10-18-27(24)32(28)22-13-5-2-6-14-22/h1-6,8,10-14,16,18-20H,7,9,15,17H2. The van der Waals surface area contributed by atoms with Crippen LogP contribution in [0.4, 0.5) is 0 Å². The second kappa shape index (κ2) is 7.12. The molecule has 0 bridgehead atoms. The van der Waals surface area contributed by atoms with E-state index in [1.807, 2.05) is 0 Å². The summed E-state index contributed by atoms with van der Waals surface area (Å²) in [5.41, 5.74) is 5.78. The molecule has 0 saturated carbocycles. The molecule has 0 amide bonds. The summed E-state index contributed by atoms with van der Waals surface area (Å²) in [4.78, 5) is 0. The minimum atomic E-state index is -0.513. The van der Waals surface area contributed by atoms with E-state index in [0.717, 1.165) is 0 Å². The molecule has 0 saturated heterocycles. The Balaban J connectivity index is 1.69. The molecule has 1 aliphatic carbocycles. The third-order valence-corrected chi connectivity index (χ3v) is 9.64. The minimum absolute atomic E-state index is 0.513. The minimum Gasteiger partial charge on any atom is -0.313 e. The fourth-order valence-corrected chi connectivity index (χ4v) is 8.45. The van der Waals surface area contributed by atoms with Gasteiger partial charge in [0.1, 0.15) is 0 Å². The summed E-state index contributed by atoms with van der Waals surface area (Å²) >= 11 is 0. The van der Waals surface area contributed by atoms with Crippen LogP contribution in [0.3, 0.4) is 0 Å². The SMILES string of the molecule is c1ccc(-n2c3c(c4c5c6ccccc6p(-c6ccccc6)c5ccc42)CCCC3)cc1. The average Bonchev–Trinajstić information content (AvgIpc) is 3.38. The van der Waals surface area contributed by atoms with Gasteiger partial charge in [0, 0.05) is 32.4 Å². The van der Waals surface area contributed by atoms with Crippen LogP contribution in [0.25, 0.3) is 42.9 Å². The lowest BCUT2D eigenvalue weighted by molar-refractivity contribution is 0.667. The van der Waals surface area contributed by atoms with Crippen molar-refractivity contribution in [2.45, 2.75) is 25.7 Å². The molecule has 0 radical (unpaired) electrons. The van der Waals surface area contributed by atoms with Gasteiger partial charge in [-0.15, -0.1) is 0 Å². The quantitative estimate of drug-likeness (QED) is 0.259. The Morgan fingerprint density at radius 1 is 0.594 bits per heavy atom. The molecular formula is C30H24NP. The maximum absolute atomic E-state index is 2.55. The zero-order valence-electron chi connectivity index (χ0n) is 18.0. The van der Waals surface area contributed by atoms with Crippen molar-refractivity contribution >= 4 is 39.4 Å². The first-order valence-electron chi connectivity index (χ1n) is 11.6. The first-order chi connectivity index (χ1) is 15.9. The van der Waals surface area contributed by atoms with Crippen LogP contribution in [0.5, 0.6) is 0 Å². The van der Waals surface area contributed by atoms with Gasteiger partial charge in [-0.25, -0.2) is 0 Å². The predicted octanol–water partition coefficient (Wildman–Crippen LogP) is 8.79. The average molecular weight is 430 g/mol. The molecule has 4 aromatic carbocycles. The van der Waals surface area contributed by atoms with Gasteiger partial charge in [0.25, 0.3) is 0 Å². The van der Waals surface area contributed by atoms with Crippen molar-refractivity contribution in [2.24, 2.45) is 0 Å². The van der Waals surface area contributed by atoms with Gasteiger partial charge >= 0.3 is 0 Å². The molecular weight excluding hydrogens is 405 g/mol. The molecule has 6 aromatic rings. The van der Waals surface area contributed by atoms with Crippen molar-refractivity contribution in [3.8, 4) is 11.0 Å². The predicted molar refractivity (Wildman–Crippen MR) is 139 cm³/mol. The Morgan fingerprint density at radius 3 is 2.16 bits per heavy atom. The van der Waals surface area contributed by atoms with Crippen LogP contribution in [0.15, 0.2) is 97.1 Å². The van der Waals surface area contributed by atoms with E-state index in [0.29, 0.717) is 0 Å². The Labute approximate surface area is 189 Å². The Bertz CT molecular complexity index is 1600. The van der Waals surface area contributed by atoms with E-state index < -0.39 is 7.53 Å². The topological polar surface area (TPSA) is 4.93 Å². The Hall–Kier alpha value is -3.28. The Morgan fingerprint density at radius 2 is 1.31 bits per heavy atom. The van der Waals surface area contributed by atoms with Gasteiger partial charge in [0.15, 0.2) is 0 Å². The molecule has 7 rings (SSSR count). The molecule has 0 fully saturated rings. The van der Waals surface area contributed by atoms with Crippen molar-refractivity contribution in [3.63, 3.8) is 0 Å². The van der Waals surface area contributed by atoms with Crippen LogP contribution in [0, 0.1) is 0 Å². The van der Waals surface area contributed by atoms with Crippen LogP contribution >= 0.6 is 7.53 Å². The summed E-state index contributed by atoms with van der Waals surface area (Å²) in [7, 11) is -0.513. The molecule has 0 aliphatic heterocycles. The normalized spacial score (nSPS) is 14.3. The largest absolute Gasteiger partial charge is 0.313 e. The fourth-order valence-electron chi connectivity index (χ4n) is 5.82. The first-order valence-corrected chi connectivity index (χ1v) is 12.9. The molecule has 1 atom stereocenters. The summed E-state index contributed by atoms with van der Waals surface area (Å²) in [6.45, 7) is 0. The lowest BCUT2D eigenvalue weighted by Gasteiger charge is -2.16. The van der Waals surface area contributed by atoms with E-state index in [4.69, 9.17) is 0 Å². The number of hydrogen-bond donors (Lipinski definition) is 0. The summed E-state index contributed by atoms with van der Waals surface area (Å²) in [6.07, 6.45) is 4.93.